The number of rotatable bonds is 1. The number of benzene rings is 1. The van der Waals surface area contributed by atoms with E-state index in [1.54, 1.807) is 4.90 Å². The van der Waals surface area contributed by atoms with E-state index in [1.165, 1.54) is 5.56 Å². The molecule has 0 aliphatic carbocycles. The van der Waals surface area contributed by atoms with Gasteiger partial charge in [0.15, 0.2) is 5.78 Å². The lowest BCUT2D eigenvalue weighted by molar-refractivity contribution is -0.121. The molecule has 1 fully saturated rings. The van der Waals surface area contributed by atoms with Crippen molar-refractivity contribution in [2.75, 3.05) is 11.4 Å². The number of carbonyl (C=O) groups excluding carboxylic acids is 2. The van der Waals surface area contributed by atoms with Crippen LogP contribution < -0.4 is 4.90 Å². The average Bonchev–Trinajstić information content (AvgIpc) is 2.55. The summed E-state index contributed by atoms with van der Waals surface area (Å²) in [5.74, 6) is -0.0802. The number of nitrogens with zero attached hydrogens (tertiary/aromatic N) is 1. The van der Waals surface area contributed by atoms with Gasteiger partial charge >= 0.3 is 0 Å². The van der Waals surface area contributed by atoms with Crippen molar-refractivity contribution in [3.63, 3.8) is 0 Å². The van der Waals surface area contributed by atoms with Crippen molar-refractivity contribution in [3.8, 4) is 0 Å². The molecule has 102 valence electrons. The van der Waals surface area contributed by atoms with Crippen molar-refractivity contribution < 1.29 is 9.59 Å². The Hall–Kier alpha value is -1.64. The highest BCUT2D eigenvalue weighted by atomic mass is 16.2. The number of aryl methyl sites for hydroxylation is 2. The van der Waals surface area contributed by atoms with Crippen LogP contribution >= 0.6 is 0 Å². The van der Waals surface area contributed by atoms with Crippen LogP contribution in [0.3, 0.4) is 0 Å². The Labute approximate surface area is 114 Å². The summed E-state index contributed by atoms with van der Waals surface area (Å²) in [6, 6.07) is 4.25. The number of hydrogen-bond donors (Lipinski definition) is 0. The van der Waals surface area contributed by atoms with Crippen molar-refractivity contribution in [1.29, 1.82) is 0 Å². The van der Waals surface area contributed by atoms with Crippen LogP contribution in [0.4, 0.5) is 5.69 Å². The van der Waals surface area contributed by atoms with E-state index in [0.717, 1.165) is 16.8 Å². The molecule has 1 saturated heterocycles. The largest absolute Gasteiger partial charge is 0.304 e. The Morgan fingerprint density at radius 1 is 1.05 bits per heavy atom. The van der Waals surface area contributed by atoms with E-state index in [4.69, 9.17) is 0 Å². The van der Waals surface area contributed by atoms with Gasteiger partial charge in [-0.1, -0.05) is 32.9 Å². The second-order valence-electron chi connectivity index (χ2n) is 6.40. The van der Waals surface area contributed by atoms with Gasteiger partial charge in [-0.25, -0.2) is 0 Å². The Morgan fingerprint density at radius 3 is 1.95 bits per heavy atom. The molecule has 1 amide bonds. The summed E-state index contributed by atoms with van der Waals surface area (Å²) in [7, 11) is 0. The lowest BCUT2D eigenvalue weighted by Gasteiger charge is -2.25. The van der Waals surface area contributed by atoms with Crippen molar-refractivity contribution in [2.24, 2.45) is 0 Å². The number of amides is 1. The van der Waals surface area contributed by atoms with E-state index >= 15 is 0 Å². The van der Waals surface area contributed by atoms with Gasteiger partial charge in [-0.05, 0) is 36.0 Å². The third-order valence-electron chi connectivity index (χ3n) is 3.61. The molecule has 0 atom stereocenters. The first kappa shape index (κ1) is 13.8. The fraction of sp³-hybridized carbons (Fsp3) is 0.500. The second-order valence-corrected chi connectivity index (χ2v) is 6.40. The van der Waals surface area contributed by atoms with Crippen LogP contribution in [0.15, 0.2) is 12.1 Å². The van der Waals surface area contributed by atoms with Gasteiger partial charge < -0.3 is 4.90 Å². The van der Waals surface area contributed by atoms with Gasteiger partial charge in [0.2, 0.25) is 5.91 Å². The Bertz CT molecular complexity index is 529. The Morgan fingerprint density at radius 2 is 1.58 bits per heavy atom. The van der Waals surface area contributed by atoms with Crippen LogP contribution in [-0.2, 0) is 15.0 Å². The van der Waals surface area contributed by atoms with Crippen LogP contribution in [-0.4, -0.2) is 18.2 Å². The highest BCUT2D eigenvalue weighted by Crippen LogP contribution is 2.33. The Balaban J connectivity index is 2.49. The molecule has 0 N–H and O–H groups in total. The van der Waals surface area contributed by atoms with Gasteiger partial charge in [-0.3, -0.25) is 9.59 Å². The van der Waals surface area contributed by atoms with Gasteiger partial charge in [0.1, 0.15) is 0 Å². The number of Topliss-reactive ketones (excluding diaryl/α,β-unsaturated/α-hetero) is 1. The van der Waals surface area contributed by atoms with Crippen molar-refractivity contribution >= 4 is 17.4 Å². The fourth-order valence-corrected chi connectivity index (χ4v) is 2.60. The molecular formula is C16H21NO2. The van der Waals surface area contributed by atoms with Gasteiger partial charge in [0, 0.05) is 5.69 Å². The number of ketones is 1. The number of hydrogen-bond acceptors (Lipinski definition) is 2. The van der Waals surface area contributed by atoms with Gasteiger partial charge in [0.05, 0.1) is 13.0 Å². The SMILES string of the molecule is Cc1cc(C(C)(C)C)cc(C)c1N1CC(=O)CC1=O. The van der Waals surface area contributed by atoms with E-state index in [2.05, 4.69) is 32.9 Å². The third kappa shape index (κ3) is 2.55. The summed E-state index contributed by atoms with van der Waals surface area (Å²) in [4.78, 5) is 24.9. The first-order valence-corrected chi connectivity index (χ1v) is 6.64. The molecular weight excluding hydrogens is 238 g/mol. The van der Waals surface area contributed by atoms with Gasteiger partial charge in [0.25, 0.3) is 0 Å². The van der Waals surface area contributed by atoms with E-state index in [1.807, 2.05) is 13.8 Å². The molecule has 1 aliphatic heterocycles. The molecule has 0 bridgehead atoms. The van der Waals surface area contributed by atoms with Crippen LogP contribution in [0.1, 0.15) is 43.9 Å². The summed E-state index contributed by atoms with van der Waals surface area (Å²) in [6.07, 6.45) is 0.0416. The topological polar surface area (TPSA) is 37.4 Å². The predicted octanol–water partition coefficient (Wildman–Crippen LogP) is 2.91. The molecule has 0 unspecified atom stereocenters. The minimum absolute atomic E-state index is 0.00342. The maximum absolute atomic E-state index is 11.9. The molecule has 1 aromatic carbocycles. The second kappa shape index (κ2) is 4.48. The van der Waals surface area contributed by atoms with Crippen molar-refractivity contribution in [3.05, 3.63) is 28.8 Å². The molecule has 19 heavy (non-hydrogen) atoms. The smallest absolute Gasteiger partial charge is 0.234 e. The predicted molar refractivity (Wildman–Crippen MR) is 76.6 cm³/mol. The fourth-order valence-electron chi connectivity index (χ4n) is 2.60. The molecule has 2 rings (SSSR count). The van der Waals surface area contributed by atoms with Gasteiger partial charge in [-0.2, -0.15) is 0 Å². The lowest BCUT2D eigenvalue weighted by Crippen LogP contribution is -2.26. The number of anilines is 1. The summed E-state index contributed by atoms with van der Waals surface area (Å²) in [5, 5.41) is 0. The third-order valence-corrected chi connectivity index (χ3v) is 3.61. The zero-order valence-electron chi connectivity index (χ0n) is 12.3. The lowest BCUT2D eigenvalue weighted by atomic mass is 9.84. The van der Waals surface area contributed by atoms with Crippen LogP contribution in [0.25, 0.3) is 0 Å². The quantitative estimate of drug-likeness (QED) is 0.727. The monoisotopic (exact) mass is 259 g/mol. The van der Waals surface area contributed by atoms with Crippen LogP contribution in [0, 0.1) is 13.8 Å². The molecule has 1 heterocycles. The molecule has 0 spiro atoms. The van der Waals surface area contributed by atoms with Gasteiger partial charge in [-0.15, -0.1) is 0 Å². The molecule has 0 saturated carbocycles. The van der Waals surface area contributed by atoms with E-state index in [9.17, 15) is 9.59 Å². The van der Waals surface area contributed by atoms with Crippen LogP contribution in [0.5, 0.6) is 0 Å². The molecule has 3 heteroatoms. The maximum atomic E-state index is 11.9. The first-order valence-electron chi connectivity index (χ1n) is 6.64. The van der Waals surface area contributed by atoms with Crippen molar-refractivity contribution in [2.45, 2.75) is 46.5 Å². The highest BCUT2D eigenvalue weighted by molar-refractivity contribution is 6.15. The molecule has 3 nitrogen and oxygen atoms in total. The van der Waals surface area contributed by atoms with E-state index in [0.29, 0.717) is 0 Å². The summed E-state index contributed by atoms with van der Waals surface area (Å²) < 4.78 is 0. The first-order chi connectivity index (χ1) is 8.70. The maximum Gasteiger partial charge on any atom is 0.234 e. The summed E-state index contributed by atoms with van der Waals surface area (Å²) in [6.45, 7) is 10.7. The zero-order chi connectivity index (χ0) is 14.4. The van der Waals surface area contributed by atoms with E-state index in [-0.39, 0.29) is 30.1 Å². The summed E-state index contributed by atoms with van der Waals surface area (Å²) >= 11 is 0. The standard InChI is InChI=1S/C16H21NO2/c1-10-6-12(16(3,4)5)7-11(2)15(10)17-9-13(18)8-14(17)19/h6-7H,8-9H2,1-5H3. The zero-order valence-corrected chi connectivity index (χ0v) is 12.3. The highest BCUT2D eigenvalue weighted by Gasteiger charge is 2.31. The minimum atomic E-state index is -0.0836. The number of carbonyl (C=O) groups is 2. The molecule has 1 aromatic rings. The Kier molecular flexibility index (Phi) is 3.25. The average molecular weight is 259 g/mol. The normalized spacial score (nSPS) is 16.4. The van der Waals surface area contributed by atoms with Crippen molar-refractivity contribution in [1.82, 2.24) is 0 Å². The van der Waals surface area contributed by atoms with E-state index < -0.39 is 0 Å². The summed E-state index contributed by atoms with van der Waals surface area (Å²) in [5.41, 5.74) is 4.37. The molecule has 0 radical (unpaired) electrons. The molecule has 1 aliphatic rings. The molecule has 0 aromatic heterocycles. The minimum Gasteiger partial charge on any atom is -0.304 e. The van der Waals surface area contributed by atoms with Crippen LogP contribution in [0.2, 0.25) is 0 Å².